The lowest BCUT2D eigenvalue weighted by Crippen LogP contribution is -2.38. The van der Waals surface area contributed by atoms with Gasteiger partial charge in [0, 0.05) is 26.2 Å². The van der Waals surface area contributed by atoms with Crippen molar-refractivity contribution >= 4 is 23.3 Å². The van der Waals surface area contributed by atoms with E-state index in [2.05, 4.69) is 31.7 Å². The van der Waals surface area contributed by atoms with Crippen LogP contribution in [0.25, 0.3) is 11.4 Å². The van der Waals surface area contributed by atoms with E-state index in [-0.39, 0.29) is 17.7 Å². The average molecular weight is 393 g/mol. The SMILES string of the molecule is CCC(Nc1cc(-c2cnc(NC(=O)C3CC3)cn2)ncc1C#N)C(=O)N(C)C. The van der Waals surface area contributed by atoms with Crippen LogP contribution >= 0.6 is 0 Å². The Kier molecular flexibility index (Phi) is 6.02. The van der Waals surface area contributed by atoms with Gasteiger partial charge in [-0.05, 0) is 25.3 Å². The maximum atomic E-state index is 12.3. The highest BCUT2D eigenvalue weighted by molar-refractivity contribution is 5.93. The van der Waals surface area contributed by atoms with Crippen molar-refractivity contribution < 1.29 is 9.59 Å². The summed E-state index contributed by atoms with van der Waals surface area (Å²) < 4.78 is 0. The molecule has 9 heteroatoms. The Morgan fingerprint density at radius 1 is 1.21 bits per heavy atom. The smallest absolute Gasteiger partial charge is 0.244 e. The highest BCUT2D eigenvalue weighted by Crippen LogP contribution is 2.30. The summed E-state index contributed by atoms with van der Waals surface area (Å²) in [5.74, 6) is 0.360. The fraction of sp³-hybridized carbons (Fsp3) is 0.400. The Hall–Kier alpha value is -3.54. The van der Waals surface area contributed by atoms with Gasteiger partial charge in [0.1, 0.15) is 17.8 Å². The molecule has 2 heterocycles. The molecule has 2 aromatic heterocycles. The van der Waals surface area contributed by atoms with Crippen LogP contribution in [0.3, 0.4) is 0 Å². The van der Waals surface area contributed by atoms with Crippen molar-refractivity contribution in [2.24, 2.45) is 5.92 Å². The van der Waals surface area contributed by atoms with Crippen LogP contribution in [0.1, 0.15) is 31.7 Å². The van der Waals surface area contributed by atoms with Gasteiger partial charge in [-0.25, -0.2) is 9.97 Å². The van der Waals surface area contributed by atoms with E-state index < -0.39 is 6.04 Å². The largest absolute Gasteiger partial charge is 0.373 e. The molecule has 0 radical (unpaired) electrons. The highest BCUT2D eigenvalue weighted by atomic mass is 16.2. The summed E-state index contributed by atoms with van der Waals surface area (Å²) in [7, 11) is 3.38. The van der Waals surface area contributed by atoms with Gasteiger partial charge in [0.25, 0.3) is 0 Å². The lowest BCUT2D eigenvalue weighted by molar-refractivity contribution is -0.129. The molecule has 0 saturated heterocycles. The maximum absolute atomic E-state index is 12.3. The molecule has 29 heavy (non-hydrogen) atoms. The van der Waals surface area contributed by atoms with Crippen molar-refractivity contribution in [3.63, 3.8) is 0 Å². The summed E-state index contributed by atoms with van der Waals surface area (Å²) >= 11 is 0. The second kappa shape index (κ2) is 8.65. The van der Waals surface area contributed by atoms with Gasteiger partial charge in [-0.15, -0.1) is 0 Å². The minimum absolute atomic E-state index is 0.0359. The molecule has 0 aliphatic heterocycles. The first-order valence-corrected chi connectivity index (χ1v) is 9.44. The molecule has 3 rings (SSSR count). The Bertz CT molecular complexity index is 946. The van der Waals surface area contributed by atoms with Gasteiger partial charge in [0.05, 0.1) is 29.3 Å². The number of rotatable bonds is 7. The van der Waals surface area contributed by atoms with Crippen LogP contribution in [-0.2, 0) is 9.59 Å². The predicted molar refractivity (Wildman–Crippen MR) is 108 cm³/mol. The standard InChI is InChI=1S/C20H23N7O2/c1-4-14(20(29)27(2)3)25-15-7-16(22-9-13(15)8-21)17-10-24-18(11-23-17)26-19(28)12-5-6-12/h7,9-12,14H,4-6H2,1-3H3,(H,22,25)(H,24,26,28). The molecule has 2 aromatic rings. The zero-order valence-corrected chi connectivity index (χ0v) is 16.6. The number of aromatic nitrogens is 3. The second-order valence-electron chi connectivity index (χ2n) is 7.12. The fourth-order valence-corrected chi connectivity index (χ4v) is 2.74. The number of carbonyl (C=O) groups is 2. The normalized spacial score (nSPS) is 13.9. The van der Waals surface area contributed by atoms with Crippen LogP contribution in [0.4, 0.5) is 11.5 Å². The van der Waals surface area contributed by atoms with Crippen molar-refractivity contribution in [1.29, 1.82) is 5.26 Å². The van der Waals surface area contributed by atoms with Gasteiger partial charge in [-0.1, -0.05) is 6.92 Å². The first kappa shape index (κ1) is 20.2. The van der Waals surface area contributed by atoms with Crippen LogP contribution in [-0.4, -0.2) is 51.8 Å². The molecule has 2 amide bonds. The molecule has 150 valence electrons. The van der Waals surface area contributed by atoms with Crippen LogP contribution in [0.5, 0.6) is 0 Å². The van der Waals surface area contributed by atoms with Gasteiger partial charge in [0.15, 0.2) is 5.82 Å². The summed E-state index contributed by atoms with van der Waals surface area (Å²) in [5.41, 5.74) is 1.84. The Balaban J connectivity index is 1.81. The Morgan fingerprint density at radius 3 is 2.48 bits per heavy atom. The number of nitrogens with zero attached hydrogens (tertiary/aromatic N) is 5. The Labute approximate surface area is 169 Å². The molecule has 1 fully saturated rings. The van der Waals surface area contributed by atoms with E-state index >= 15 is 0 Å². The number of nitrogens with one attached hydrogen (secondary N) is 2. The maximum Gasteiger partial charge on any atom is 0.244 e. The minimum atomic E-state index is -0.460. The predicted octanol–water partition coefficient (Wildman–Crippen LogP) is 2.04. The third kappa shape index (κ3) is 4.85. The van der Waals surface area contributed by atoms with Crippen molar-refractivity contribution in [2.75, 3.05) is 24.7 Å². The summed E-state index contributed by atoms with van der Waals surface area (Å²) in [6.07, 6.45) is 6.83. The van der Waals surface area contributed by atoms with Crippen molar-refractivity contribution in [1.82, 2.24) is 19.9 Å². The molecule has 1 unspecified atom stereocenters. The van der Waals surface area contributed by atoms with Gasteiger partial charge < -0.3 is 15.5 Å². The molecule has 0 spiro atoms. The van der Waals surface area contributed by atoms with Gasteiger partial charge in [-0.2, -0.15) is 5.26 Å². The molecule has 9 nitrogen and oxygen atoms in total. The third-order valence-electron chi connectivity index (χ3n) is 4.61. The molecule has 2 N–H and O–H groups in total. The molecule has 0 bridgehead atoms. The molecular formula is C20H23N7O2. The third-order valence-corrected chi connectivity index (χ3v) is 4.61. The highest BCUT2D eigenvalue weighted by Gasteiger charge is 2.29. The topological polar surface area (TPSA) is 124 Å². The van der Waals surface area contributed by atoms with Crippen molar-refractivity contribution in [3.05, 3.63) is 30.2 Å². The number of likely N-dealkylation sites (N-methyl/N-ethyl adjacent to an activating group) is 1. The molecule has 1 atom stereocenters. The van der Waals surface area contributed by atoms with E-state index in [9.17, 15) is 14.9 Å². The summed E-state index contributed by atoms with van der Waals surface area (Å²) in [4.78, 5) is 38.5. The number of carbonyl (C=O) groups excluding carboxylic acids is 2. The molecule has 1 aliphatic carbocycles. The molecule has 0 aromatic carbocycles. The Morgan fingerprint density at radius 2 is 1.93 bits per heavy atom. The van der Waals surface area contributed by atoms with Crippen LogP contribution in [0.2, 0.25) is 0 Å². The second-order valence-corrected chi connectivity index (χ2v) is 7.12. The zero-order chi connectivity index (χ0) is 21.0. The first-order valence-electron chi connectivity index (χ1n) is 9.44. The number of amides is 2. The van der Waals surface area contributed by atoms with Crippen LogP contribution < -0.4 is 10.6 Å². The van der Waals surface area contributed by atoms with Gasteiger partial charge >= 0.3 is 0 Å². The molecule has 1 aliphatic rings. The van der Waals surface area contributed by atoms with E-state index in [1.807, 2.05) is 6.92 Å². The fourth-order valence-electron chi connectivity index (χ4n) is 2.74. The zero-order valence-electron chi connectivity index (χ0n) is 16.6. The lowest BCUT2D eigenvalue weighted by Gasteiger charge is -2.22. The van der Waals surface area contributed by atoms with E-state index in [0.29, 0.717) is 34.9 Å². The number of pyridine rings is 1. The van der Waals surface area contributed by atoms with E-state index in [0.717, 1.165) is 12.8 Å². The van der Waals surface area contributed by atoms with Gasteiger partial charge in [-0.3, -0.25) is 14.6 Å². The summed E-state index contributed by atoms with van der Waals surface area (Å²) in [6, 6.07) is 3.30. The van der Waals surface area contributed by atoms with Crippen molar-refractivity contribution in [3.8, 4) is 17.5 Å². The van der Waals surface area contributed by atoms with Crippen LogP contribution in [0.15, 0.2) is 24.7 Å². The number of hydrogen-bond acceptors (Lipinski definition) is 7. The summed E-state index contributed by atoms with van der Waals surface area (Å²) in [5, 5.41) is 15.3. The number of nitriles is 1. The van der Waals surface area contributed by atoms with Crippen molar-refractivity contribution in [2.45, 2.75) is 32.2 Å². The number of hydrogen-bond donors (Lipinski definition) is 2. The monoisotopic (exact) mass is 393 g/mol. The van der Waals surface area contributed by atoms with E-state index in [1.165, 1.54) is 23.5 Å². The first-order chi connectivity index (χ1) is 13.9. The van der Waals surface area contributed by atoms with E-state index in [1.54, 1.807) is 20.2 Å². The average Bonchev–Trinajstić information content (AvgIpc) is 3.57. The molecular weight excluding hydrogens is 370 g/mol. The van der Waals surface area contributed by atoms with Crippen LogP contribution in [0, 0.1) is 17.2 Å². The molecule has 1 saturated carbocycles. The van der Waals surface area contributed by atoms with E-state index in [4.69, 9.17) is 0 Å². The van der Waals surface area contributed by atoms with Gasteiger partial charge in [0.2, 0.25) is 11.8 Å². The minimum Gasteiger partial charge on any atom is -0.373 e. The quantitative estimate of drug-likeness (QED) is 0.737. The number of anilines is 2. The lowest BCUT2D eigenvalue weighted by atomic mass is 10.1. The summed E-state index contributed by atoms with van der Waals surface area (Å²) in [6.45, 7) is 1.90.